The van der Waals surface area contributed by atoms with Gasteiger partial charge in [0.05, 0.1) is 0 Å². The molecule has 0 saturated carbocycles. The highest BCUT2D eigenvalue weighted by molar-refractivity contribution is 9.10. The first-order chi connectivity index (χ1) is 10.1. The molecule has 1 N–H and O–H groups in total. The summed E-state index contributed by atoms with van der Waals surface area (Å²) in [5.41, 5.74) is 1.67. The van der Waals surface area contributed by atoms with E-state index in [4.69, 9.17) is 11.6 Å². The van der Waals surface area contributed by atoms with Crippen molar-refractivity contribution in [2.75, 3.05) is 0 Å². The van der Waals surface area contributed by atoms with Gasteiger partial charge >= 0.3 is 6.61 Å². The molecule has 0 saturated heterocycles. The van der Waals surface area contributed by atoms with Crippen LogP contribution in [0.15, 0.2) is 46.9 Å². The Labute approximate surface area is 135 Å². The molecule has 0 atom stereocenters. The maximum atomic E-state index is 12.3. The van der Waals surface area contributed by atoms with Gasteiger partial charge in [-0.15, -0.1) is 0 Å². The minimum Gasteiger partial charge on any atom is -0.434 e. The monoisotopic (exact) mass is 375 g/mol. The fourth-order valence-corrected chi connectivity index (χ4v) is 2.45. The Morgan fingerprint density at radius 2 is 1.81 bits per heavy atom. The summed E-state index contributed by atoms with van der Waals surface area (Å²) in [6.07, 6.45) is 0. The Kier molecular flexibility index (Phi) is 5.96. The summed E-state index contributed by atoms with van der Waals surface area (Å²) in [6, 6.07) is 12.2. The van der Waals surface area contributed by atoms with Gasteiger partial charge in [-0.2, -0.15) is 8.78 Å². The highest BCUT2D eigenvalue weighted by Crippen LogP contribution is 2.22. The zero-order chi connectivity index (χ0) is 15.2. The standard InChI is InChI=1S/C15H13BrClF2NO/c16-13-6-5-12(17)7-11(13)9-20-8-10-3-1-2-4-14(10)21-15(18)19/h1-7,15,20H,8-9H2. The van der Waals surface area contributed by atoms with Crippen molar-refractivity contribution in [3.63, 3.8) is 0 Å². The molecule has 0 amide bonds. The highest BCUT2D eigenvalue weighted by atomic mass is 79.9. The van der Waals surface area contributed by atoms with E-state index in [1.807, 2.05) is 12.1 Å². The van der Waals surface area contributed by atoms with E-state index < -0.39 is 6.61 Å². The SMILES string of the molecule is FC(F)Oc1ccccc1CNCc1cc(Cl)ccc1Br. The second-order valence-corrected chi connectivity index (χ2v) is 5.62. The molecule has 6 heteroatoms. The van der Waals surface area contributed by atoms with Gasteiger partial charge in [0.15, 0.2) is 0 Å². The van der Waals surface area contributed by atoms with Crippen LogP contribution in [0.3, 0.4) is 0 Å². The molecule has 0 aliphatic rings. The van der Waals surface area contributed by atoms with E-state index in [9.17, 15) is 8.78 Å². The minimum absolute atomic E-state index is 0.185. The van der Waals surface area contributed by atoms with Crippen molar-refractivity contribution in [2.24, 2.45) is 0 Å². The Hall–Kier alpha value is -1.17. The molecule has 2 aromatic carbocycles. The van der Waals surface area contributed by atoms with Crippen LogP contribution in [0.5, 0.6) is 5.75 Å². The predicted molar refractivity (Wildman–Crippen MR) is 82.8 cm³/mol. The van der Waals surface area contributed by atoms with Crippen molar-refractivity contribution < 1.29 is 13.5 Å². The molecular weight excluding hydrogens is 364 g/mol. The first-order valence-corrected chi connectivity index (χ1v) is 7.40. The van der Waals surface area contributed by atoms with Gasteiger partial charge in [0.25, 0.3) is 0 Å². The fraction of sp³-hybridized carbons (Fsp3) is 0.200. The number of nitrogens with one attached hydrogen (secondary N) is 1. The van der Waals surface area contributed by atoms with E-state index >= 15 is 0 Å². The Morgan fingerprint density at radius 3 is 2.57 bits per heavy atom. The van der Waals surface area contributed by atoms with Crippen molar-refractivity contribution >= 4 is 27.5 Å². The second kappa shape index (κ2) is 7.73. The van der Waals surface area contributed by atoms with Gasteiger partial charge in [-0.1, -0.05) is 45.7 Å². The summed E-state index contributed by atoms with van der Waals surface area (Å²) in [5.74, 6) is 0.185. The number of ether oxygens (including phenoxy) is 1. The first-order valence-electron chi connectivity index (χ1n) is 6.23. The summed E-state index contributed by atoms with van der Waals surface area (Å²) in [6.45, 7) is -1.85. The quantitative estimate of drug-likeness (QED) is 0.766. The van der Waals surface area contributed by atoms with Crippen molar-refractivity contribution in [1.29, 1.82) is 0 Å². The van der Waals surface area contributed by atoms with Crippen LogP contribution in [0.2, 0.25) is 5.02 Å². The largest absolute Gasteiger partial charge is 0.434 e. The summed E-state index contributed by atoms with van der Waals surface area (Å²) < 4.78 is 30.1. The second-order valence-electron chi connectivity index (χ2n) is 4.33. The van der Waals surface area contributed by atoms with Gasteiger partial charge in [0, 0.05) is 28.1 Å². The highest BCUT2D eigenvalue weighted by Gasteiger charge is 2.09. The zero-order valence-corrected chi connectivity index (χ0v) is 13.3. The predicted octanol–water partition coefficient (Wildman–Crippen LogP) is 4.99. The minimum atomic E-state index is -2.83. The smallest absolute Gasteiger partial charge is 0.387 e. The normalized spacial score (nSPS) is 10.9. The van der Waals surface area contributed by atoms with Gasteiger partial charge in [-0.05, 0) is 29.8 Å². The maximum Gasteiger partial charge on any atom is 0.387 e. The van der Waals surface area contributed by atoms with Crippen LogP contribution in [-0.4, -0.2) is 6.61 Å². The van der Waals surface area contributed by atoms with Gasteiger partial charge in [-0.3, -0.25) is 0 Å². The van der Waals surface area contributed by atoms with E-state index in [1.54, 1.807) is 24.3 Å². The molecule has 112 valence electrons. The van der Waals surface area contributed by atoms with Crippen LogP contribution in [0.25, 0.3) is 0 Å². The number of hydrogen-bond acceptors (Lipinski definition) is 2. The number of alkyl halides is 2. The summed E-state index contributed by atoms with van der Waals surface area (Å²) in [5, 5.41) is 3.84. The Bertz CT molecular complexity index is 610. The third-order valence-corrected chi connectivity index (χ3v) is 3.84. The van der Waals surface area contributed by atoms with Crippen LogP contribution in [-0.2, 0) is 13.1 Å². The zero-order valence-electron chi connectivity index (χ0n) is 11.0. The number of halogens is 4. The average Bonchev–Trinajstić information content (AvgIpc) is 2.44. The molecular formula is C15H13BrClF2NO. The number of para-hydroxylation sites is 1. The number of hydrogen-bond donors (Lipinski definition) is 1. The lowest BCUT2D eigenvalue weighted by atomic mass is 10.2. The van der Waals surface area contributed by atoms with Crippen molar-refractivity contribution in [3.05, 3.63) is 63.1 Å². The van der Waals surface area contributed by atoms with Gasteiger partial charge in [0.2, 0.25) is 0 Å². The van der Waals surface area contributed by atoms with E-state index in [-0.39, 0.29) is 5.75 Å². The van der Waals surface area contributed by atoms with Crippen LogP contribution >= 0.6 is 27.5 Å². The van der Waals surface area contributed by atoms with Crippen LogP contribution < -0.4 is 10.1 Å². The van der Waals surface area contributed by atoms with Gasteiger partial charge in [-0.25, -0.2) is 0 Å². The van der Waals surface area contributed by atoms with E-state index in [1.165, 1.54) is 6.07 Å². The van der Waals surface area contributed by atoms with E-state index in [0.717, 1.165) is 10.0 Å². The number of rotatable bonds is 6. The Morgan fingerprint density at radius 1 is 1.10 bits per heavy atom. The average molecular weight is 377 g/mol. The molecule has 2 aromatic rings. The summed E-state index contributed by atoms with van der Waals surface area (Å²) in [7, 11) is 0. The molecule has 2 nitrogen and oxygen atoms in total. The molecule has 21 heavy (non-hydrogen) atoms. The lowest BCUT2D eigenvalue weighted by molar-refractivity contribution is -0.0505. The molecule has 0 unspecified atom stereocenters. The molecule has 0 aromatic heterocycles. The van der Waals surface area contributed by atoms with Gasteiger partial charge < -0.3 is 10.1 Å². The molecule has 0 aliphatic heterocycles. The molecule has 0 fully saturated rings. The lowest BCUT2D eigenvalue weighted by Gasteiger charge is -2.12. The first kappa shape index (κ1) is 16.2. The topological polar surface area (TPSA) is 21.3 Å². The van der Waals surface area contributed by atoms with Crippen LogP contribution in [0, 0.1) is 0 Å². The third-order valence-electron chi connectivity index (χ3n) is 2.83. The fourth-order valence-electron chi connectivity index (χ4n) is 1.87. The Balaban J connectivity index is 1.99. The van der Waals surface area contributed by atoms with Crippen LogP contribution in [0.1, 0.15) is 11.1 Å². The molecule has 0 bridgehead atoms. The molecule has 0 spiro atoms. The summed E-state index contributed by atoms with van der Waals surface area (Å²) >= 11 is 9.38. The maximum absolute atomic E-state index is 12.3. The van der Waals surface area contributed by atoms with Crippen molar-refractivity contribution in [3.8, 4) is 5.75 Å². The lowest BCUT2D eigenvalue weighted by Crippen LogP contribution is -2.14. The number of benzene rings is 2. The summed E-state index contributed by atoms with van der Waals surface area (Å²) in [4.78, 5) is 0. The third kappa shape index (κ3) is 4.95. The molecule has 2 rings (SSSR count). The van der Waals surface area contributed by atoms with Crippen molar-refractivity contribution in [2.45, 2.75) is 19.7 Å². The van der Waals surface area contributed by atoms with Crippen molar-refractivity contribution in [1.82, 2.24) is 5.32 Å². The van der Waals surface area contributed by atoms with Gasteiger partial charge in [0.1, 0.15) is 5.75 Å². The van der Waals surface area contributed by atoms with E-state index in [0.29, 0.717) is 23.7 Å². The van der Waals surface area contributed by atoms with E-state index in [2.05, 4.69) is 26.0 Å². The molecule has 0 radical (unpaired) electrons. The van der Waals surface area contributed by atoms with Crippen LogP contribution in [0.4, 0.5) is 8.78 Å². The molecule has 0 heterocycles. The molecule has 0 aliphatic carbocycles.